The van der Waals surface area contributed by atoms with Crippen LogP contribution in [-0.2, 0) is 19.6 Å². The molecule has 0 aliphatic carbocycles. The summed E-state index contributed by atoms with van der Waals surface area (Å²) in [6.45, 7) is 7.00. The van der Waals surface area contributed by atoms with Gasteiger partial charge >= 0.3 is 6.09 Å². The molecule has 2 aromatic heterocycles. The van der Waals surface area contributed by atoms with Gasteiger partial charge < -0.3 is 9.84 Å². The van der Waals surface area contributed by atoms with E-state index in [4.69, 9.17) is 4.74 Å². The fourth-order valence-electron chi connectivity index (χ4n) is 3.96. The van der Waals surface area contributed by atoms with Crippen molar-refractivity contribution in [2.24, 2.45) is 0 Å². The van der Waals surface area contributed by atoms with Crippen LogP contribution in [-0.4, -0.2) is 75.7 Å². The van der Waals surface area contributed by atoms with Crippen LogP contribution >= 0.6 is 0 Å². The van der Waals surface area contributed by atoms with Gasteiger partial charge in [-0.25, -0.2) is 27.2 Å². The molecule has 4 rings (SSSR count). The SMILES string of the molecule is Cc1ccc(S(=O)(=O)n2ccc3nc(N(C)C(=O)[C@H]4C[C@@H](O)CN4C(=O)OC(C)(C)C)cnc32)cc1. The molecule has 1 saturated heterocycles. The minimum absolute atomic E-state index is 0.0242. The predicted octanol–water partition coefficient (Wildman–Crippen LogP) is 2.31. The number of nitrogens with zero attached hydrogens (tertiary/aromatic N) is 5. The number of amides is 2. The first-order valence-corrected chi connectivity index (χ1v) is 12.8. The number of benzene rings is 1. The van der Waals surface area contributed by atoms with E-state index in [1.807, 2.05) is 6.92 Å². The lowest BCUT2D eigenvalue weighted by molar-refractivity contribution is -0.122. The number of ether oxygens (including phenoxy) is 1. The largest absolute Gasteiger partial charge is 0.444 e. The molecule has 1 aliphatic heterocycles. The van der Waals surface area contributed by atoms with E-state index in [1.54, 1.807) is 32.9 Å². The van der Waals surface area contributed by atoms with Gasteiger partial charge in [0.25, 0.3) is 15.9 Å². The number of likely N-dealkylation sites (tertiary alicyclic amines) is 1. The average Bonchev–Trinajstić information content (AvgIpc) is 3.41. The number of likely N-dealkylation sites (N-methyl/N-ethyl adjacent to an activating group) is 1. The number of hydrogen-bond acceptors (Lipinski definition) is 8. The van der Waals surface area contributed by atoms with E-state index in [2.05, 4.69) is 9.97 Å². The van der Waals surface area contributed by atoms with E-state index >= 15 is 0 Å². The highest BCUT2D eigenvalue weighted by molar-refractivity contribution is 7.90. The zero-order valence-corrected chi connectivity index (χ0v) is 21.6. The molecule has 0 saturated carbocycles. The Balaban J connectivity index is 1.60. The number of β-amino-alcohol motifs (C(OH)–C–C–N with tert-alkyl or cyclic N) is 1. The number of rotatable bonds is 4. The van der Waals surface area contributed by atoms with Crippen LogP contribution in [0.4, 0.5) is 10.6 Å². The summed E-state index contributed by atoms with van der Waals surface area (Å²) < 4.78 is 32.7. The Hall–Kier alpha value is -3.51. The minimum atomic E-state index is -3.89. The lowest BCUT2D eigenvalue weighted by atomic mass is 10.1. The van der Waals surface area contributed by atoms with Crippen LogP contribution in [0.15, 0.2) is 47.6 Å². The van der Waals surface area contributed by atoms with Gasteiger partial charge in [0.1, 0.15) is 17.2 Å². The van der Waals surface area contributed by atoms with Crippen molar-refractivity contribution in [3.8, 4) is 0 Å². The summed E-state index contributed by atoms with van der Waals surface area (Å²) in [6, 6.07) is 7.03. The van der Waals surface area contributed by atoms with E-state index < -0.39 is 39.8 Å². The third kappa shape index (κ3) is 4.91. The Morgan fingerprint density at radius 1 is 1.17 bits per heavy atom. The van der Waals surface area contributed by atoms with Crippen LogP contribution in [0.25, 0.3) is 11.2 Å². The van der Waals surface area contributed by atoms with Crippen LogP contribution < -0.4 is 4.90 Å². The number of carbonyl (C=O) groups excluding carboxylic acids is 2. The molecule has 0 radical (unpaired) electrons. The highest BCUT2D eigenvalue weighted by Crippen LogP contribution is 2.26. The Morgan fingerprint density at radius 3 is 2.47 bits per heavy atom. The Labute approximate surface area is 209 Å². The molecule has 3 aromatic rings. The zero-order valence-electron chi connectivity index (χ0n) is 20.7. The lowest BCUT2D eigenvalue weighted by Gasteiger charge is -2.29. The van der Waals surface area contributed by atoms with Crippen molar-refractivity contribution in [2.75, 3.05) is 18.5 Å². The van der Waals surface area contributed by atoms with E-state index in [9.17, 15) is 23.1 Å². The van der Waals surface area contributed by atoms with Crippen molar-refractivity contribution in [2.45, 2.75) is 56.8 Å². The first-order chi connectivity index (χ1) is 16.8. The summed E-state index contributed by atoms with van der Waals surface area (Å²) in [7, 11) is -2.41. The van der Waals surface area contributed by atoms with Gasteiger partial charge in [-0.05, 0) is 45.9 Å². The summed E-state index contributed by atoms with van der Waals surface area (Å²) in [5, 5.41) is 10.1. The van der Waals surface area contributed by atoms with Crippen molar-refractivity contribution in [1.29, 1.82) is 0 Å². The molecule has 36 heavy (non-hydrogen) atoms. The smallest absolute Gasteiger partial charge is 0.411 e. The van der Waals surface area contributed by atoms with Crippen LogP contribution in [0.3, 0.4) is 0 Å². The molecular weight excluding hydrogens is 486 g/mol. The zero-order chi connectivity index (χ0) is 26.4. The van der Waals surface area contributed by atoms with Gasteiger partial charge in [0, 0.05) is 19.7 Å². The number of carbonyl (C=O) groups is 2. The fraction of sp³-hybridized carbons (Fsp3) is 0.417. The van der Waals surface area contributed by atoms with Crippen LogP contribution in [0, 0.1) is 6.92 Å². The highest BCUT2D eigenvalue weighted by Gasteiger charge is 2.42. The maximum Gasteiger partial charge on any atom is 0.411 e. The number of aryl methyl sites for hydroxylation is 1. The van der Waals surface area contributed by atoms with Gasteiger partial charge in [0.05, 0.1) is 23.7 Å². The molecule has 0 spiro atoms. The third-order valence-corrected chi connectivity index (χ3v) is 7.47. The molecule has 1 aromatic carbocycles. The maximum absolute atomic E-state index is 13.3. The third-order valence-electron chi connectivity index (χ3n) is 5.79. The molecular formula is C24H29N5O6S. The predicted molar refractivity (Wildman–Crippen MR) is 132 cm³/mol. The lowest BCUT2D eigenvalue weighted by Crippen LogP contribution is -2.48. The van der Waals surface area contributed by atoms with Crippen molar-refractivity contribution < 1.29 is 27.9 Å². The van der Waals surface area contributed by atoms with Crippen molar-refractivity contribution >= 4 is 39.0 Å². The van der Waals surface area contributed by atoms with Crippen LogP contribution in [0.5, 0.6) is 0 Å². The fourth-order valence-corrected chi connectivity index (χ4v) is 5.26. The molecule has 2 amide bonds. The van der Waals surface area contributed by atoms with Gasteiger partial charge in [-0.15, -0.1) is 0 Å². The average molecular weight is 516 g/mol. The molecule has 12 heteroatoms. The Bertz CT molecular complexity index is 1410. The first-order valence-electron chi connectivity index (χ1n) is 11.4. The van der Waals surface area contributed by atoms with Gasteiger partial charge in [-0.1, -0.05) is 17.7 Å². The second-order valence-corrected chi connectivity index (χ2v) is 11.6. The van der Waals surface area contributed by atoms with Crippen molar-refractivity contribution in [3.05, 3.63) is 48.3 Å². The van der Waals surface area contributed by atoms with Crippen molar-refractivity contribution in [3.63, 3.8) is 0 Å². The second kappa shape index (κ2) is 9.17. The molecule has 11 nitrogen and oxygen atoms in total. The second-order valence-electron chi connectivity index (χ2n) is 9.80. The van der Waals surface area contributed by atoms with Gasteiger partial charge in [-0.3, -0.25) is 14.6 Å². The van der Waals surface area contributed by atoms with Gasteiger partial charge in [0.15, 0.2) is 11.5 Å². The quantitative estimate of drug-likeness (QED) is 0.559. The molecule has 1 aliphatic rings. The number of anilines is 1. The normalized spacial score (nSPS) is 18.4. The monoisotopic (exact) mass is 515 g/mol. The summed E-state index contributed by atoms with van der Waals surface area (Å²) in [6.07, 6.45) is 1.16. The Morgan fingerprint density at radius 2 is 1.83 bits per heavy atom. The summed E-state index contributed by atoms with van der Waals surface area (Å²) in [5.74, 6) is -0.304. The van der Waals surface area contributed by atoms with E-state index in [0.29, 0.717) is 0 Å². The number of aliphatic hydroxyl groups excluding tert-OH is 1. The van der Waals surface area contributed by atoms with Crippen LogP contribution in [0.2, 0.25) is 0 Å². The van der Waals surface area contributed by atoms with E-state index in [0.717, 1.165) is 9.54 Å². The van der Waals surface area contributed by atoms with Gasteiger partial charge in [-0.2, -0.15) is 0 Å². The highest BCUT2D eigenvalue weighted by atomic mass is 32.2. The number of aliphatic hydroxyl groups is 1. The molecule has 1 fully saturated rings. The van der Waals surface area contributed by atoms with E-state index in [-0.39, 0.29) is 34.8 Å². The van der Waals surface area contributed by atoms with Crippen LogP contribution in [0.1, 0.15) is 32.8 Å². The molecule has 0 unspecified atom stereocenters. The maximum atomic E-state index is 13.3. The summed E-state index contributed by atoms with van der Waals surface area (Å²) >= 11 is 0. The Kier molecular flexibility index (Phi) is 6.52. The first kappa shape index (κ1) is 25.6. The summed E-state index contributed by atoms with van der Waals surface area (Å²) in [5.41, 5.74) is 0.570. The van der Waals surface area contributed by atoms with Gasteiger partial charge in [0.2, 0.25) is 0 Å². The molecule has 192 valence electrons. The number of hydrogen-bond donors (Lipinski definition) is 1. The molecule has 3 heterocycles. The summed E-state index contributed by atoms with van der Waals surface area (Å²) in [4.78, 5) is 37.2. The number of aromatic nitrogens is 3. The number of fused-ring (bicyclic) bond motifs is 1. The standard InChI is InChI=1S/C24H29N5O6S/c1-15-6-8-17(9-7-15)36(33,34)29-11-10-18-21(29)25-13-20(26-18)27(5)22(31)19-12-16(30)14-28(19)23(32)35-24(2,3)4/h6-11,13,16,19,30H,12,14H2,1-5H3/t16-,19-/m1/s1. The minimum Gasteiger partial charge on any atom is -0.444 e. The molecule has 0 bridgehead atoms. The topological polar surface area (TPSA) is 135 Å². The van der Waals surface area contributed by atoms with E-state index in [1.165, 1.54) is 47.4 Å². The molecule has 2 atom stereocenters. The molecule has 1 N–H and O–H groups in total. The van der Waals surface area contributed by atoms with Crippen molar-refractivity contribution in [1.82, 2.24) is 18.8 Å².